The third kappa shape index (κ3) is 4.95. The average molecular weight is 479 g/mol. The fraction of sp³-hybridized carbons (Fsp3) is 0.556. The number of piperidine rings is 4. The minimum absolute atomic E-state index is 0.0710. The number of nitrogens with zero attached hydrogens (tertiary/aromatic N) is 4. The summed E-state index contributed by atoms with van der Waals surface area (Å²) in [4.78, 5) is 29.0. The monoisotopic (exact) mass is 478 g/mol. The fourth-order valence-corrected chi connectivity index (χ4v) is 6.22. The highest BCUT2D eigenvalue weighted by molar-refractivity contribution is 5.90. The minimum atomic E-state index is -0.804. The normalized spacial score (nSPS) is 28.1. The molecule has 4 aliphatic rings. The Bertz CT molecular complexity index is 1020. The molecule has 186 valence electrons. The summed E-state index contributed by atoms with van der Waals surface area (Å²) in [5, 5.41) is 10.7. The first-order valence-electron chi connectivity index (χ1n) is 12.9. The maximum Gasteiger partial charge on any atom is 0.331 e. The van der Waals surface area contributed by atoms with Gasteiger partial charge < -0.3 is 14.5 Å². The molecule has 1 aromatic heterocycles. The zero-order chi connectivity index (χ0) is 24.3. The SMILES string of the molecule is C[C@@](C(=O)O[C@@H]1C[N+]2(CC(=O)Nc3cccnn3)CCC1CC2)(c1ccccc1)N1CCCCC1. The second-order valence-electron chi connectivity index (χ2n) is 10.6. The Hall–Kier alpha value is -2.84. The Morgan fingerprint density at radius 1 is 1.09 bits per heavy atom. The van der Waals surface area contributed by atoms with Gasteiger partial charge in [-0.25, -0.2) is 4.79 Å². The van der Waals surface area contributed by atoms with E-state index in [0.717, 1.165) is 57.4 Å². The van der Waals surface area contributed by atoms with Crippen LogP contribution in [0.4, 0.5) is 5.82 Å². The highest BCUT2D eigenvalue weighted by Gasteiger charge is 2.51. The lowest BCUT2D eigenvalue weighted by atomic mass is 9.82. The summed E-state index contributed by atoms with van der Waals surface area (Å²) in [6.45, 7) is 6.75. The quantitative estimate of drug-likeness (QED) is 0.487. The van der Waals surface area contributed by atoms with Gasteiger partial charge in [0.15, 0.2) is 18.5 Å². The summed E-state index contributed by atoms with van der Waals surface area (Å²) >= 11 is 0. The Kier molecular flexibility index (Phi) is 6.84. The van der Waals surface area contributed by atoms with Crippen molar-refractivity contribution < 1.29 is 18.8 Å². The number of carbonyl (C=O) groups is 2. The van der Waals surface area contributed by atoms with Crippen molar-refractivity contribution in [1.82, 2.24) is 15.1 Å². The summed E-state index contributed by atoms with van der Waals surface area (Å²) in [5.74, 6) is 0.596. The van der Waals surface area contributed by atoms with Crippen LogP contribution in [0.15, 0.2) is 48.7 Å². The fourth-order valence-electron chi connectivity index (χ4n) is 6.22. The molecule has 0 spiro atoms. The molecule has 35 heavy (non-hydrogen) atoms. The van der Waals surface area contributed by atoms with Crippen LogP contribution >= 0.6 is 0 Å². The second kappa shape index (κ2) is 10.0. The van der Waals surface area contributed by atoms with E-state index >= 15 is 0 Å². The molecule has 4 fully saturated rings. The van der Waals surface area contributed by atoms with Gasteiger partial charge >= 0.3 is 5.97 Å². The predicted molar refractivity (Wildman–Crippen MR) is 132 cm³/mol. The topological polar surface area (TPSA) is 84.4 Å². The van der Waals surface area contributed by atoms with Crippen LogP contribution in [0.2, 0.25) is 0 Å². The number of quaternary nitrogens is 1. The Labute approximate surface area is 207 Å². The van der Waals surface area contributed by atoms with Gasteiger partial charge in [-0.3, -0.25) is 9.69 Å². The number of amides is 1. The van der Waals surface area contributed by atoms with E-state index in [2.05, 4.69) is 20.4 Å². The molecule has 1 amide bonds. The molecule has 8 nitrogen and oxygen atoms in total. The van der Waals surface area contributed by atoms with Crippen molar-refractivity contribution in [2.24, 2.45) is 5.92 Å². The zero-order valence-electron chi connectivity index (χ0n) is 20.6. The molecule has 0 unspecified atom stereocenters. The number of nitrogens with one attached hydrogen (secondary N) is 1. The van der Waals surface area contributed by atoms with Crippen LogP contribution in [0.3, 0.4) is 0 Å². The zero-order valence-corrected chi connectivity index (χ0v) is 20.6. The third-order valence-corrected chi connectivity index (χ3v) is 8.34. The average Bonchev–Trinajstić information content (AvgIpc) is 2.90. The number of ether oxygens (including phenoxy) is 1. The maximum atomic E-state index is 13.9. The lowest BCUT2D eigenvalue weighted by molar-refractivity contribution is -0.939. The lowest BCUT2D eigenvalue weighted by Gasteiger charge is -2.52. The van der Waals surface area contributed by atoms with E-state index in [4.69, 9.17) is 4.74 Å². The van der Waals surface area contributed by atoms with Crippen molar-refractivity contribution in [3.8, 4) is 0 Å². The molecule has 8 heteroatoms. The Morgan fingerprint density at radius 3 is 2.51 bits per heavy atom. The largest absolute Gasteiger partial charge is 0.454 e. The highest BCUT2D eigenvalue weighted by Crippen LogP contribution is 2.38. The molecular formula is C27H36N5O3+. The van der Waals surface area contributed by atoms with Gasteiger partial charge in [0.2, 0.25) is 0 Å². The van der Waals surface area contributed by atoms with Crippen LogP contribution in [0.5, 0.6) is 0 Å². The molecule has 1 aromatic carbocycles. The number of hydrogen-bond donors (Lipinski definition) is 1. The molecule has 2 bridgehead atoms. The van der Waals surface area contributed by atoms with Crippen LogP contribution in [0.1, 0.15) is 44.6 Å². The van der Waals surface area contributed by atoms with E-state index in [1.807, 2.05) is 37.3 Å². The standard InChI is InChI=1S/C27H35N5O3/c1-27(22-9-4-2-5-10-22,31-15-6-3-7-16-31)26(34)35-23-19-32(17-12-21(23)13-18-32)20-25(33)29-24-11-8-14-28-30-24/h2,4-5,8-11,14,21,23H,3,6-7,12-13,15-20H2,1H3/p+1/t21?,23-,27+,32?/m1/s1. The third-order valence-electron chi connectivity index (χ3n) is 8.34. The van der Waals surface area contributed by atoms with Crippen LogP contribution in [-0.4, -0.2) is 76.8 Å². The van der Waals surface area contributed by atoms with Gasteiger partial charge in [0.1, 0.15) is 12.1 Å². The first-order chi connectivity index (χ1) is 17.0. The number of carbonyl (C=O) groups excluding carboxylic acids is 2. The number of fused-ring (bicyclic) bond motifs is 3. The first-order valence-corrected chi connectivity index (χ1v) is 12.9. The van der Waals surface area contributed by atoms with Gasteiger partial charge in [-0.05, 0) is 50.6 Å². The number of anilines is 1. The van der Waals surface area contributed by atoms with Crippen molar-refractivity contribution in [3.05, 3.63) is 54.2 Å². The van der Waals surface area contributed by atoms with E-state index in [-0.39, 0.29) is 18.0 Å². The minimum Gasteiger partial charge on any atom is -0.454 e. The molecule has 0 saturated carbocycles. The van der Waals surface area contributed by atoms with Crippen molar-refractivity contribution in [3.63, 3.8) is 0 Å². The molecule has 2 atom stereocenters. The summed E-state index contributed by atoms with van der Waals surface area (Å²) in [5.41, 5.74) is 0.183. The Morgan fingerprint density at radius 2 is 1.83 bits per heavy atom. The molecular weight excluding hydrogens is 442 g/mol. The second-order valence-corrected chi connectivity index (χ2v) is 10.6. The number of benzene rings is 1. The van der Waals surface area contributed by atoms with Crippen molar-refractivity contribution in [2.75, 3.05) is 44.6 Å². The van der Waals surface area contributed by atoms with E-state index in [9.17, 15) is 9.59 Å². The summed E-state index contributed by atoms with van der Waals surface area (Å²) in [6, 6.07) is 13.5. The van der Waals surface area contributed by atoms with Crippen molar-refractivity contribution >= 4 is 17.7 Å². The van der Waals surface area contributed by atoms with Crippen LogP contribution in [0.25, 0.3) is 0 Å². The molecule has 5 heterocycles. The number of rotatable bonds is 7. The van der Waals surface area contributed by atoms with Crippen molar-refractivity contribution in [2.45, 2.75) is 50.7 Å². The summed E-state index contributed by atoms with van der Waals surface area (Å²) in [7, 11) is 0. The van der Waals surface area contributed by atoms with Gasteiger partial charge in [0.05, 0.1) is 13.1 Å². The highest BCUT2D eigenvalue weighted by atomic mass is 16.5. The number of esters is 1. The molecule has 2 aromatic rings. The van der Waals surface area contributed by atoms with Crippen molar-refractivity contribution in [1.29, 1.82) is 0 Å². The Balaban J connectivity index is 1.30. The van der Waals surface area contributed by atoms with Crippen LogP contribution in [-0.2, 0) is 19.9 Å². The number of likely N-dealkylation sites (tertiary alicyclic amines) is 1. The summed E-state index contributed by atoms with van der Waals surface area (Å²) in [6.07, 6.45) is 6.77. The van der Waals surface area contributed by atoms with E-state index in [1.165, 1.54) is 6.42 Å². The molecule has 0 radical (unpaired) electrons. The maximum absolute atomic E-state index is 13.9. The van der Waals surface area contributed by atoms with Gasteiger partial charge in [-0.1, -0.05) is 36.8 Å². The molecule has 0 aliphatic carbocycles. The van der Waals surface area contributed by atoms with Crippen LogP contribution < -0.4 is 5.32 Å². The van der Waals surface area contributed by atoms with Crippen LogP contribution in [0, 0.1) is 5.92 Å². The predicted octanol–water partition coefficient (Wildman–Crippen LogP) is 2.97. The first kappa shape index (κ1) is 23.9. The molecule has 4 aliphatic heterocycles. The van der Waals surface area contributed by atoms with E-state index in [1.54, 1.807) is 18.3 Å². The molecule has 4 saturated heterocycles. The smallest absolute Gasteiger partial charge is 0.331 e. The molecule has 1 N–H and O–H groups in total. The van der Waals surface area contributed by atoms with Gasteiger partial charge in [0, 0.05) is 25.0 Å². The van der Waals surface area contributed by atoms with E-state index in [0.29, 0.717) is 29.3 Å². The number of hydrogen-bond acceptors (Lipinski definition) is 6. The van der Waals surface area contributed by atoms with Gasteiger partial charge in [-0.2, -0.15) is 5.10 Å². The van der Waals surface area contributed by atoms with E-state index < -0.39 is 5.54 Å². The number of aromatic nitrogens is 2. The summed E-state index contributed by atoms with van der Waals surface area (Å²) < 4.78 is 7.03. The van der Waals surface area contributed by atoms with Gasteiger partial charge in [-0.15, -0.1) is 5.10 Å². The molecule has 6 rings (SSSR count). The van der Waals surface area contributed by atoms with Gasteiger partial charge in [0.25, 0.3) is 5.91 Å². The lowest BCUT2D eigenvalue weighted by Crippen LogP contribution is -2.66.